The number of aliphatic hydroxyl groups is 3. The number of hydrogen-bond donors (Lipinski definition) is 3. The molecule has 0 heterocycles. The van der Waals surface area contributed by atoms with Gasteiger partial charge in [0.05, 0.1) is 12.2 Å². The molecule has 6 atom stereocenters. The molecule has 0 aromatic carbocycles. The molecule has 178 valence electrons. The van der Waals surface area contributed by atoms with Crippen LogP contribution < -0.4 is 0 Å². The van der Waals surface area contributed by atoms with Gasteiger partial charge in [-0.3, -0.25) is 0 Å². The van der Waals surface area contributed by atoms with Gasteiger partial charge in [0.25, 0.3) is 5.92 Å². The molecule has 31 heavy (non-hydrogen) atoms. The smallest absolute Gasteiger partial charge is 0.275 e. The summed E-state index contributed by atoms with van der Waals surface area (Å²) in [7, 11) is 0. The summed E-state index contributed by atoms with van der Waals surface area (Å²) in [5.74, 6) is -1.97. The monoisotopic (exact) mass is 440 g/mol. The van der Waals surface area contributed by atoms with E-state index in [-0.39, 0.29) is 17.8 Å². The number of allylic oxidation sites excluding steroid dienone is 3. The molecule has 3 fully saturated rings. The maximum Gasteiger partial charge on any atom is 0.275 e. The van der Waals surface area contributed by atoms with Gasteiger partial charge < -0.3 is 15.3 Å². The van der Waals surface area contributed by atoms with Crippen molar-refractivity contribution in [3.05, 3.63) is 23.3 Å². The first kappa shape index (κ1) is 24.9. The second kappa shape index (κ2) is 9.23. The number of halogens is 2. The van der Waals surface area contributed by atoms with E-state index in [1.54, 1.807) is 0 Å². The van der Waals surface area contributed by atoms with Gasteiger partial charge in [0.1, 0.15) is 5.60 Å². The molecule has 0 saturated heterocycles. The average Bonchev–Trinajstić information content (AvgIpc) is 3.00. The second-order valence-corrected chi connectivity index (χ2v) is 11.4. The maximum absolute atomic E-state index is 14.3. The zero-order chi connectivity index (χ0) is 23.0. The highest BCUT2D eigenvalue weighted by molar-refractivity contribution is 5.26. The first-order chi connectivity index (χ1) is 14.3. The zero-order valence-corrected chi connectivity index (χ0v) is 19.7. The van der Waals surface area contributed by atoms with Crippen LogP contribution in [-0.2, 0) is 0 Å². The number of fused-ring (bicyclic) bond motifs is 1. The molecule has 0 spiro atoms. The van der Waals surface area contributed by atoms with E-state index in [1.165, 1.54) is 19.4 Å². The van der Waals surface area contributed by atoms with Gasteiger partial charge in [0, 0.05) is 6.42 Å². The van der Waals surface area contributed by atoms with E-state index in [2.05, 4.69) is 26.0 Å². The summed E-state index contributed by atoms with van der Waals surface area (Å²) in [5.41, 5.74) is 0.719. The van der Waals surface area contributed by atoms with Gasteiger partial charge in [-0.15, -0.1) is 0 Å². The Morgan fingerprint density at radius 1 is 1.13 bits per heavy atom. The van der Waals surface area contributed by atoms with Crippen LogP contribution in [0.3, 0.4) is 0 Å². The Morgan fingerprint density at radius 3 is 2.39 bits per heavy atom. The van der Waals surface area contributed by atoms with Gasteiger partial charge in [-0.2, -0.15) is 0 Å². The molecular weight excluding hydrogens is 398 g/mol. The van der Waals surface area contributed by atoms with Crippen molar-refractivity contribution in [1.82, 2.24) is 0 Å². The molecule has 3 nitrogen and oxygen atoms in total. The van der Waals surface area contributed by atoms with E-state index < -0.39 is 23.7 Å². The molecular formula is C26H42F2O3. The lowest BCUT2D eigenvalue weighted by atomic mass is 9.60. The first-order valence-electron chi connectivity index (χ1n) is 12.2. The van der Waals surface area contributed by atoms with Gasteiger partial charge >= 0.3 is 0 Å². The summed E-state index contributed by atoms with van der Waals surface area (Å²) >= 11 is 0. The van der Waals surface area contributed by atoms with Crippen LogP contribution in [0.25, 0.3) is 0 Å². The molecule has 3 N–H and O–H groups in total. The summed E-state index contributed by atoms with van der Waals surface area (Å²) < 4.78 is 28.6. The second-order valence-electron chi connectivity index (χ2n) is 11.4. The SMILES string of the molecule is C[C@H](CCC(F)(F)C(C)(C)O)[C@H]1CCC2/C(=C/C=C3CC(O)C[C@H](O)C3)CCC[C@@]21C. The molecule has 0 amide bonds. The normalized spacial score (nSPS) is 38.5. The highest BCUT2D eigenvalue weighted by Crippen LogP contribution is 2.60. The largest absolute Gasteiger partial charge is 0.393 e. The van der Waals surface area contributed by atoms with Crippen molar-refractivity contribution in [1.29, 1.82) is 0 Å². The predicted molar refractivity (Wildman–Crippen MR) is 120 cm³/mol. The van der Waals surface area contributed by atoms with Gasteiger partial charge in [-0.05, 0) is 94.8 Å². The molecule has 2 unspecified atom stereocenters. The average molecular weight is 441 g/mol. The van der Waals surface area contributed by atoms with Crippen molar-refractivity contribution >= 4 is 0 Å². The Hall–Kier alpha value is -0.780. The van der Waals surface area contributed by atoms with Crippen LogP contribution in [0.15, 0.2) is 23.3 Å². The Kier molecular flexibility index (Phi) is 7.40. The summed E-state index contributed by atoms with van der Waals surface area (Å²) in [4.78, 5) is 0. The van der Waals surface area contributed by atoms with Crippen molar-refractivity contribution in [3.8, 4) is 0 Å². The summed E-state index contributed by atoms with van der Waals surface area (Å²) in [6.45, 7) is 6.86. The lowest BCUT2D eigenvalue weighted by Gasteiger charge is -2.44. The molecule has 0 radical (unpaired) electrons. The molecule has 0 aromatic heterocycles. The van der Waals surface area contributed by atoms with Crippen molar-refractivity contribution in [2.24, 2.45) is 23.2 Å². The van der Waals surface area contributed by atoms with Crippen LogP contribution in [-0.4, -0.2) is 39.1 Å². The van der Waals surface area contributed by atoms with E-state index in [4.69, 9.17) is 0 Å². The van der Waals surface area contributed by atoms with Crippen LogP contribution in [0.1, 0.15) is 91.9 Å². The Bertz CT molecular complexity index is 681. The fourth-order valence-corrected chi connectivity index (χ4v) is 6.66. The third-order valence-corrected chi connectivity index (χ3v) is 8.61. The highest BCUT2D eigenvalue weighted by Gasteiger charge is 2.51. The highest BCUT2D eigenvalue weighted by atomic mass is 19.3. The standard InChI is InChI=1S/C26H42F2O3/c1-17(11-13-26(27,28)24(2,3)31)22-9-10-23-19(6-5-12-25(22,23)4)8-7-18-14-20(29)16-21(30)15-18/h7-8,17,20-23,29-31H,5-6,9-16H2,1-4H3/b18-7?,19-8+/t17-,20-,21?,22-,23?,25-/m1/s1. The summed E-state index contributed by atoms with van der Waals surface area (Å²) in [5, 5.41) is 29.7. The Morgan fingerprint density at radius 2 is 1.77 bits per heavy atom. The number of rotatable bonds is 6. The first-order valence-corrected chi connectivity index (χ1v) is 12.2. The van der Waals surface area contributed by atoms with Crippen LogP contribution in [0, 0.1) is 23.2 Å². The molecule has 3 rings (SSSR count). The van der Waals surface area contributed by atoms with Gasteiger partial charge in [0.15, 0.2) is 0 Å². The minimum absolute atomic E-state index is 0.137. The third-order valence-electron chi connectivity index (χ3n) is 8.61. The van der Waals surface area contributed by atoms with Crippen LogP contribution in [0.2, 0.25) is 0 Å². The summed E-state index contributed by atoms with van der Waals surface area (Å²) in [6.07, 6.45) is 10.9. The van der Waals surface area contributed by atoms with Crippen LogP contribution in [0.4, 0.5) is 8.78 Å². The van der Waals surface area contributed by atoms with E-state index in [9.17, 15) is 24.1 Å². The van der Waals surface area contributed by atoms with Crippen molar-refractivity contribution in [3.63, 3.8) is 0 Å². The van der Waals surface area contributed by atoms with E-state index >= 15 is 0 Å². The van der Waals surface area contributed by atoms with Crippen LogP contribution >= 0.6 is 0 Å². The Balaban J connectivity index is 1.69. The fraction of sp³-hybridized carbons (Fsp3) is 0.846. The lowest BCUT2D eigenvalue weighted by Crippen LogP contribution is -2.43. The molecule has 3 aliphatic carbocycles. The number of hydrogen-bond acceptors (Lipinski definition) is 3. The quantitative estimate of drug-likeness (QED) is 0.490. The molecule has 3 aliphatic rings. The van der Waals surface area contributed by atoms with Gasteiger partial charge in [-0.25, -0.2) is 8.78 Å². The van der Waals surface area contributed by atoms with Gasteiger partial charge in [-0.1, -0.05) is 37.1 Å². The minimum Gasteiger partial charge on any atom is -0.393 e. The van der Waals surface area contributed by atoms with E-state index in [0.717, 1.165) is 37.7 Å². The third kappa shape index (κ3) is 5.42. The van der Waals surface area contributed by atoms with Gasteiger partial charge in [0.2, 0.25) is 0 Å². The molecule has 0 aromatic rings. The molecule has 3 saturated carbocycles. The van der Waals surface area contributed by atoms with Crippen molar-refractivity contribution in [2.45, 2.75) is 116 Å². The lowest BCUT2D eigenvalue weighted by molar-refractivity contribution is -0.168. The van der Waals surface area contributed by atoms with Crippen molar-refractivity contribution in [2.75, 3.05) is 0 Å². The van der Waals surface area contributed by atoms with Crippen molar-refractivity contribution < 1.29 is 24.1 Å². The topological polar surface area (TPSA) is 60.7 Å². The Labute approximate surface area is 186 Å². The summed E-state index contributed by atoms with van der Waals surface area (Å²) in [6, 6.07) is 0. The molecule has 0 aliphatic heterocycles. The minimum atomic E-state index is -3.07. The van der Waals surface area contributed by atoms with E-state index in [1.807, 2.05) is 0 Å². The molecule has 0 bridgehead atoms. The number of alkyl halides is 2. The number of aliphatic hydroxyl groups excluding tert-OH is 2. The fourth-order valence-electron chi connectivity index (χ4n) is 6.66. The maximum atomic E-state index is 14.3. The van der Waals surface area contributed by atoms with Crippen LogP contribution in [0.5, 0.6) is 0 Å². The van der Waals surface area contributed by atoms with E-state index in [0.29, 0.717) is 37.5 Å². The zero-order valence-electron chi connectivity index (χ0n) is 19.7. The predicted octanol–water partition coefficient (Wildman–Crippen LogP) is 5.78. The molecule has 5 heteroatoms.